The maximum Gasteiger partial charge on any atom is 0.435 e. The molecule has 0 atom stereocenters. The summed E-state index contributed by atoms with van der Waals surface area (Å²) in [4.78, 5) is 1.46. The number of thiophene rings is 1. The summed E-state index contributed by atoms with van der Waals surface area (Å²) in [6.45, 7) is 6.07. The largest absolute Gasteiger partial charge is 0.435 e. The van der Waals surface area contributed by atoms with Crippen LogP contribution in [-0.2, 0) is 18.1 Å². The average molecular weight is 477 g/mol. The second-order valence-corrected chi connectivity index (χ2v) is 9.88. The van der Waals surface area contributed by atoms with Gasteiger partial charge >= 0.3 is 6.18 Å². The van der Waals surface area contributed by atoms with Crippen LogP contribution in [0.3, 0.4) is 0 Å². The van der Waals surface area contributed by atoms with Gasteiger partial charge in [0, 0.05) is 16.5 Å². The maximum atomic E-state index is 14.2. The van der Waals surface area contributed by atoms with Crippen LogP contribution in [0.1, 0.15) is 37.6 Å². The monoisotopic (exact) mass is 476 g/mol. The van der Waals surface area contributed by atoms with E-state index in [1.807, 2.05) is 24.3 Å². The predicted molar refractivity (Wildman–Crippen MR) is 120 cm³/mol. The lowest BCUT2D eigenvalue weighted by atomic mass is 9.86. The van der Waals surface area contributed by atoms with Gasteiger partial charge in [-0.25, -0.2) is 8.78 Å². The SMILES string of the molecule is CC(C)(C)c1cccc(-c2ccc(-c3cc(C(F)(F)F)nn3Cc3ccc(F)cc3F)s2)c1. The fourth-order valence-corrected chi connectivity index (χ4v) is 4.48. The van der Waals surface area contributed by atoms with Crippen molar-refractivity contribution in [3.05, 3.63) is 89.1 Å². The zero-order valence-corrected chi connectivity index (χ0v) is 19.0. The Morgan fingerprint density at radius 3 is 2.27 bits per heavy atom. The third kappa shape index (κ3) is 5.00. The van der Waals surface area contributed by atoms with Crippen LogP contribution in [-0.4, -0.2) is 9.78 Å². The zero-order chi connectivity index (χ0) is 24.0. The Hall–Kier alpha value is -3.00. The molecule has 2 nitrogen and oxygen atoms in total. The number of hydrogen-bond donors (Lipinski definition) is 0. The van der Waals surface area contributed by atoms with Gasteiger partial charge in [-0.2, -0.15) is 18.3 Å². The smallest absolute Gasteiger partial charge is 0.259 e. The first-order chi connectivity index (χ1) is 15.4. The molecule has 0 fully saturated rings. The number of benzene rings is 2. The lowest BCUT2D eigenvalue weighted by Crippen LogP contribution is -2.10. The Labute approximate surface area is 192 Å². The van der Waals surface area contributed by atoms with Crippen molar-refractivity contribution in [1.29, 1.82) is 0 Å². The molecule has 0 aliphatic rings. The van der Waals surface area contributed by atoms with Crippen molar-refractivity contribution in [3.8, 4) is 21.0 Å². The fourth-order valence-electron chi connectivity index (χ4n) is 3.46. The van der Waals surface area contributed by atoms with Crippen LogP contribution in [0.4, 0.5) is 22.0 Å². The minimum absolute atomic E-state index is 0.0455. The molecule has 2 aromatic heterocycles. The summed E-state index contributed by atoms with van der Waals surface area (Å²) in [6.07, 6.45) is -4.65. The second kappa shape index (κ2) is 8.41. The summed E-state index contributed by atoms with van der Waals surface area (Å²) in [6, 6.07) is 15.6. The number of alkyl halides is 3. The number of aromatic nitrogens is 2. The molecule has 0 aliphatic carbocycles. The van der Waals surface area contributed by atoms with Gasteiger partial charge in [-0.05, 0) is 46.9 Å². The zero-order valence-electron chi connectivity index (χ0n) is 18.2. The Bertz CT molecular complexity index is 1290. The van der Waals surface area contributed by atoms with Crippen LogP contribution >= 0.6 is 11.3 Å². The second-order valence-electron chi connectivity index (χ2n) is 8.80. The minimum Gasteiger partial charge on any atom is -0.259 e. The molecule has 0 bridgehead atoms. The molecule has 0 aliphatic heterocycles. The summed E-state index contributed by atoms with van der Waals surface area (Å²) in [5.74, 6) is -1.59. The highest BCUT2D eigenvalue weighted by atomic mass is 32.1. The first-order valence-electron chi connectivity index (χ1n) is 10.2. The normalized spacial score (nSPS) is 12.4. The van der Waals surface area contributed by atoms with Gasteiger partial charge < -0.3 is 0 Å². The van der Waals surface area contributed by atoms with E-state index in [2.05, 4.69) is 31.9 Å². The Morgan fingerprint density at radius 1 is 0.879 bits per heavy atom. The molecular formula is C25H21F5N2S. The van der Waals surface area contributed by atoms with Crippen molar-refractivity contribution < 1.29 is 22.0 Å². The first kappa shape index (κ1) is 23.2. The highest BCUT2D eigenvalue weighted by Crippen LogP contribution is 2.38. The Morgan fingerprint density at radius 2 is 1.61 bits per heavy atom. The van der Waals surface area contributed by atoms with Gasteiger partial charge in [-0.1, -0.05) is 45.0 Å². The molecule has 33 heavy (non-hydrogen) atoms. The molecule has 0 radical (unpaired) electrons. The van der Waals surface area contributed by atoms with E-state index in [4.69, 9.17) is 0 Å². The van der Waals surface area contributed by atoms with Crippen LogP contribution in [0.2, 0.25) is 0 Å². The van der Waals surface area contributed by atoms with Crippen molar-refractivity contribution in [2.24, 2.45) is 0 Å². The molecule has 4 rings (SSSR count). The summed E-state index contributed by atoms with van der Waals surface area (Å²) in [5.41, 5.74) is 1.26. The van der Waals surface area contributed by atoms with Crippen LogP contribution in [0.15, 0.2) is 60.7 Å². The van der Waals surface area contributed by atoms with Gasteiger partial charge in [0.2, 0.25) is 0 Å². The third-order valence-electron chi connectivity index (χ3n) is 5.28. The van der Waals surface area contributed by atoms with E-state index in [0.717, 1.165) is 32.8 Å². The van der Waals surface area contributed by atoms with Gasteiger partial charge in [0.25, 0.3) is 0 Å². The van der Waals surface area contributed by atoms with Crippen molar-refractivity contribution >= 4 is 11.3 Å². The van der Waals surface area contributed by atoms with Crippen molar-refractivity contribution in [2.45, 2.75) is 38.9 Å². The molecule has 8 heteroatoms. The van der Waals surface area contributed by atoms with Crippen molar-refractivity contribution in [1.82, 2.24) is 9.78 Å². The summed E-state index contributed by atoms with van der Waals surface area (Å²) < 4.78 is 68.7. The fraction of sp³-hybridized carbons (Fsp3) is 0.240. The minimum atomic E-state index is -4.65. The summed E-state index contributed by atoms with van der Waals surface area (Å²) in [5, 5.41) is 3.68. The summed E-state index contributed by atoms with van der Waals surface area (Å²) in [7, 11) is 0. The molecule has 172 valence electrons. The molecule has 0 saturated heterocycles. The number of hydrogen-bond acceptors (Lipinski definition) is 2. The predicted octanol–water partition coefficient (Wildman–Crippen LogP) is 7.92. The molecule has 2 heterocycles. The lowest BCUT2D eigenvalue weighted by molar-refractivity contribution is -0.141. The molecule has 2 aromatic carbocycles. The van der Waals surface area contributed by atoms with Gasteiger partial charge in [-0.3, -0.25) is 4.68 Å². The quantitative estimate of drug-likeness (QED) is 0.274. The molecule has 0 saturated carbocycles. The number of rotatable bonds is 4. The average Bonchev–Trinajstić information content (AvgIpc) is 3.36. The van der Waals surface area contributed by atoms with Gasteiger partial charge in [-0.15, -0.1) is 11.3 Å². The Balaban J connectivity index is 1.75. The summed E-state index contributed by atoms with van der Waals surface area (Å²) >= 11 is 1.33. The van der Waals surface area contributed by atoms with E-state index in [0.29, 0.717) is 10.9 Å². The standard InChI is InChI=1S/C25H21F5N2S/c1-24(2,3)17-6-4-5-15(11-17)21-9-10-22(33-21)20-13-23(25(28,29)30)31-32(20)14-16-7-8-18(26)12-19(16)27/h4-13H,14H2,1-3H3. The van der Waals surface area contributed by atoms with Gasteiger partial charge in [0.1, 0.15) is 11.6 Å². The van der Waals surface area contributed by atoms with Crippen LogP contribution in [0.25, 0.3) is 21.0 Å². The van der Waals surface area contributed by atoms with E-state index in [1.54, 1.807) is 6.07 Å². The number of halogens is 5. The molecule has 0 unspecified atom stereocenters. The topological polar surface area (TPSA) is 17.8 Å². The van der Waals surface area contributed by atoms with E-state index in [-0.39, 0.29) is 23.2 Å². The Kier molecular flexibility index (Phi) is 5.90. The highest BCUT2D eigenvalue weighted by Gasteiger charge is 2.35. The van der Waals surface area contributed by atoms with E-state index < -0.39 is 23.5 Å². The highest BCUT2D eigenvalue weighted by molar-refractivity contribution is 7.18. The van der Waals surface area contributed by atoms with Crippen molar-refractivity contribution in [3.63, 3.8) is 0 Å². The van der Waals surface area contributed by atoms with Gasteiger partial charge in [0.15, 0.2) is 5.69 Å². The van der Waals surface area contributed by atoms with E-state index in [1.165, 1.54) is 17.4 Å². The third-order valence-corrected chi connectivity index (χ3v) is 6.43. The van der Waals surface area contributed by atoms with E-state index >= 15 is 0 Å². The van der Waals surface area contributed by atoms with Crippen LogP contribution in [0, 0.1) is 11.6 Å². The molecule has 0 N–H and O–H groups in total. The van der Waals surface area contributed by atoms with Crippen LogP contribution < -0.4 is 0 Å². The van der Waals surface area contributed by atoms with E-state index in [9.17, 15) is 22.0 Å². The molecule has 0 amide bonds. The molecule has 4 aromatic rings. The number of nitrogens with zero attached hydrogens (tertiary/aromatic N) is 2. The van der Waals surface area contributed by atoms with Crippen molar-refractivity contribution in [2.75, 3.05) is 0 Å². The van der Waals surface area contributed by atoms with Gasteiger partial charge in [0.05, 0.1) is 17.1 Å². The molecule has 0 spiro atoms. The molecular weight excluding hydrogens is 455 g/mol. The lowest BCUT2D eigenvalue weighted by Gasteiger charge is -2.19. The van der Waals surface area contributed by atoms with Crippen LogP contribution in [0.5, 0.6) is 0 Å². The maximum absolute atomic E-state index is 14.2. The first-order valence-corrected chi connectivity index (χ1v) is 11.0.